The van der Waals surface area contributed by atoms with Gasteiger partial charge in [-0.05, 0) is 47.5 Å². The lowest BCUT2D eigenvalue weighted by Crippen LogP contribution is -2.36. The molecule has 1 aliphatic rings. The van der Waals surface area contributed by atoms with Crippen LogP contribution in [0.15, 0.2) is 77.7 Å². The van der Waals surface area contributed by atoms with Crippen LogP contribution >= 0.6 is 0 Å². The second-order valence-electron chi connectivity index (χ2n) is 8.40. The Morgan fingerprint density at radius 3 is 2.34 bits per heavy atom. The quantitative estimate of drug-likeness (QED) is 0.585. The van der Waals surface area contributed by atoms with Crippen molar-refractivity contribution >= 4 is 15.7 Å². The van der Waals surface area contributed by atoms with Crippen molar-refractivity contribution in [2.24, 2.45) is 0 Å². The molecule has 0 bridgehead atoms. The number of rotatable bonds is 7. The number of fused-ring (bicyclic) bond motifs is 1. The molecule has 0 aliphatic carbocycles. The number of hydrogen-bond acceptors (Lipinski definition) is 5. The molecular weight excluding hydrogens is 426 g/mol. The molecule has 0 fully saturated rings. The molecule has 7 heteroatoms. The minimum atomic E-state index is -3.43. The van der Waals surface area contributed by atoms with Gasteiger partial charge in [-0.25, -0.2) is 8.42 Å². The van der Waals surface area contributed by atoms with Crippen LogP contribution < -0.4 is 14.8 Å². The molecule has 0 radical (unpaired) electrons. The van der Waals surface area contributed by atoms with Crippen LogP contribution in [0.25, 0.3) is 0 Å². The lowest BCUT2D eigenvalue weighted by Gasteiger charge is -2.26. The van der Waals surface area contributed by atoms with E-state index in [2.05, 4.69) is 5.32 Å². The van der Waals surface area contributed by atoms with Gasteiger partial charge in [0.15, 0.2) is 21.3 Å². The largest absolute Gasteiger partial charge is 0.454 e. The van der Waals surface area contributed by atoms with E-state index < -0.39 is 9.84 Å². The zero-order valence-corrected chi connectivity index (χ0v) is 18.8. The van der Waals surface area contributed by atoms with Crippen LogP contribution in [-0.4, -0.2) is 27.7 Å². The summed E-state index contributed by atoms with van der Waals surface area (Å²) in [5.41, 5.74) is 1.82. The summed E-state index contributed by atoms with van der Waals surface area (Å²) in [5, 5.41) is 2.97. The number of carbonyl (C=O) groups is 1. The van der Waals surface area contributed by atoms with E-state index in [-0.39, 0.29) is 28.8 Å². The van der Waals surface area contributed by atoms with Gasteiger partial charge in [0.1, 0.15) is 0 Å². The van der Waals surface area contributed by atoms with E-state index >= 15 is 0 Å². The van der Waals surface area contributed by atoms with Gasteiger partial charge in [-0.15, -0.1) is 0 Å². The Balaban J connectivity index is 1.38. The summed E-state index contributed by atoms with van der Waals surface area (Å²) in [6.45, 7) is 4.74. The fourth-order valence-corrected chi connectivity index (χ4v) is 4.88. The minimum absolute atomic E-state index is 0.115. The van der Waals surface area contributed by atoms with Gasteiger partial charge < -0.3 is 14.8 Å². The number of sulfone groups is 1. The molecule has 32 heavy (non-hydrogen) atoms. The molecule has 0 saturated heterocycles. The summed E-state index contributed by atoms with van der Waals surface area (Å²) in [4.78, 5) is 12.9. The van der Waals surface area contributed by atoms with Crippen molar-refractivity contribution in [1.82, 2.24) is 5.32 Å². The highest BCUT2D eigenvalue weighted by Gasteiger charge is 2.25. The van der Waals surface area contributed by atoms with Crippen LogP contribution in [0.2, 0.25) is 0 Å². The number of carbonyl (C=O) groups excluding carboxylic acids is 1. The third kappa shape index (κ3) is 4.78. The van der Waals surface area contributed by atoms with Gasteiger partial charge in [-0.1, -0.05) is 50.2 Å². The minimum Gasteiger partial charge on any atom is -0.454 e. The maximum absolute atomic E-state index is 12.7. The number of nitrogens with one attached hydrogen (secondary N) is 1. The van der Waals surface area contributed by atoms with Crippen molar-refractivity contribution in [3.05, 3.63) is 89.5 Å². The van der Waals surface area contributed by atoms with E-state index in [9.17, 15) is 13.2 Å². The average molecular weight is 452 g/mol. The van der Waals surface area contributed by atoms with Gasteiger partial charge in [0, 0.05) is 17.5 Å². The molecule has 0 aromatic heterocycles. The van der Waals surface area contributed by atoms with Gasteiger partial charge in [0.05, 0.1) is 10.6 Å². The van der Waals surface area contributed by atoms with Gasteiger partial charge >= 0.3 is 0 Å². The first-order valence-corrected chi connectivity index (χ1v) is 11.9. The van der Waals surface area contributed by atoms with Gasteiger partial charge in [-0.3, -0.25) is 4.79 Å². The topological polar surface area (TPSA) is 81.7 Å². The SMILES string of the molecule is CC(C)(CNC(=O)c1ccc(CS(=O)(=O)c2ccccc2)cc1)c1ccc2c(c1)OCO2. The molecule has 3 aromatic carbocycles. The van der Waals surface area contributed by atoms with Crippen molar-refractivity contribution in [2.45, 2.75) is 29.9 Å². The number of hydrogen-bond donors (Lipinski definition) is 1. The van der Waals surface area contributed by atoms with Crippen LogP contribution in [0.1, 0.15) is 35.3 Å². The Hall–Kier alpha value is -3.32. The molecule has 1 aliphatic heterocycles. The van der Waals surface area contributed by atoms with Crippen molar-refractivity contribution in [3.8, 4) is 11.5 Å². The third-order valence-electron chi connectivity index (χ3n) is 5.52. The zero-order valence-electron chi connectivity index (χ0n) is 18.0. The molecule has 6 nitrogen and oxygen atoms in total. The first-order chi connectivity index (χ1) is 15.2. The first-order valence-electron chi connectivity index (χ1n) is 10.3. The smallest absolute Gasteiger partial charge is 0.251 e. The molecule has 0 saturated carbocycles. The van der Waals surface area contributed by atoms with E-state index in [0.717, 1.165) is 11.3 Å². The van der Waals surface area contributed by atoms with Crippen LogP contribution in [0.4, 0.5) is 0 Å². The van der Waals surface area contributed by atoms with Crippen LogP contribution in [-0.2, 0) is 21.0 Å². The van der Waals surface area contributed by atoms with E-state index in [0.29, 0.717) is 23.4 Å². The monoisotopic (exact) mass is 451 g/mol. The highest BCUT2D eigenvalue weighted by atomic mass is 32.2. The second-order valence-corrected chi connectivity index (χ2v) is 10.4. The summed E-state index contributed by atoms with van der Waals surface area (Å²) < 4.78 is 35.9. The third-order valence-corrected chi connectivity index (χ3v) is 7.22. The predicted octanol–water partition coefficient (Wildman–Crippen LogP) is 4.10. The number of benzene rings is 3. The highest BCUT2D eigenvalue weighted by Crippen LogP contribution is 2.36. The Kier molecular flexibility index (Phi) is 5.93. The number of amides is 1. The average Bonchev–Trinajstić information content (AvgIpc) is 3.26. The van der Waals surface area contributed by atoms with Gasteiger partial charge in [-0.2, -0.15) is 0 Å². The molecule has 1 N–H and O–H groups in total. The standard InChI is InChI=1S/C25H25NO5S/c1-25(2,20-12-13-22-23(14-20)31-17-30-22)16-26-24(27)19-10-8-18(9-11-19)15-32(28,29)21-6-4-3-5-7-21/h3-14H,15-17H2,1-2H3,(H,26,27). The lowest BCUT2D eigenvalue weighted by molar-refractivity contribution is 0.0945. The van der Waals surface area contributed by atoms with Crippen molar-refractivity contribution in [2.75, 3.05) is 13.3 Å². The maximum Gasteiger partial charge on any atom is 0.251 e. The summed E-state index contributed by atoms with van der Waals surface area (Å²) >= 11 is 0. The molecule has 166 valence electrons. The predicted molar refractivity (Wildman–Crippen MR) is 122 cm³/mol. The number of ether oxygens (including phenoxy) is 2. The fourth-order valence-electron chi connectivity index (χ4n) is 3.51. The first kappa shape index (κ1) is 21.9. The van der Waals surface area contributed by atoms with E-state index in [1.807, 2.05) is 32.0 Å². The van der Waals surface area contributed by atoms with E-state index in [4.69, 9.17) is 9.47 Å². The van der Waals surface area contributed by atoms with Crippen LogP contribution in [0.3, 0.4) is 0 Å². The molecule has 4 rings (SSSR count). The Bertz CT molecular complexity index is 1220. The Morgan fingerprint density at radius 1 is 0.938 bits per heavy atom. The van der Waals surface area contributed by atoms with Gasteiger partial charge in [0.25, 0.3) is 5.91 Å². The summed E-state index contributed by atoms with van der Waals surface area (Å²) in [6, 6.07) is 20.8. The summed E-state index contributed by atoms with van der Waals surface area (Å²) in [5.74, 6) is 1.11. The zero-order chi connectivity index (χ0) is 22.8. The summed E-state index contributed by atoms with van der Waals surface area (Å²) in [7, 11) is -3.43. The molecule has 0 unspecified atom stereocenters. The normalized spacial score (nSPS) is 13.1. The Labute approximate surface area is 188 Å². The van der Waals surface area contributed by atoms with Crippen molar-refractivity contribution in [1.29, 1.82) is 0 Å². The fraction of sp³-hybridized carbons (Fsp3) is 0.240. The Morgan fingerprint density at radius 2 is 1.62 bits per heavy atom. The maximum atomic E-state index is 12.7. The van der Waals surface area contributed by atoms with E-state index in [1.54, 1.807) is 54.6 Å². The molecule has 1 amide bonds. The van der Waals surface area contributed by atoms with E-state index in [1.165, 1.54) is 0 Å². The van der Waals surface area contributed by atoms with Crippen molar-refractivity contribution < 1.29 is 22.7 Å². The van der Waals surface area contributed by atoms with Gasteiger partial charge in [0.2, 0.25) is 6.79 Å². The lowest BCUT2D eigenvalue weighted by atomic mass is 9.84. The van der Waals surface area contributed by atoms with Crippen LogP contribution in [0, 0.1) is 0 Å². The molecular formula is C25H25NO5S. The van der Waals surface area contributed by atoms with Crippen LogP contribution in [0.5, 0.6) is 11.5 Å². The molecule has 1 heterocycles. The molecule has 0 spiro atoms. The molecule has 3 aromatic rings. The second kappa shape index (κ2) is 8.67. The van der Waals surface area contributed by atoms with Crippen molar-refractivity contribution in [3.63, 3.8) is 0 Å². The molecule has 0 atom stereocenters. The summed E-state index contributed by atoms with van der Waals surface area (Å²) in [6.07, 6.45) is 0. The highest BCUT2D eigenvalue weighted by molar-refractivity contribution is 7.90.